The first-order valence-corrected chi connectivity index (χ1v) is 13.9. The molecule has 1 spiro atoms. The van der Waals surface area contributed by atoms with Crippen molar-refractivity contribution in [1.29, 1.82) is 0 Å². The van der Waals surface area contributed by atoms with Gasteiger partial charge in [-0.05, 0) is 30.7 Å². The summed E-state index contributed by atoms with van der Waals surface area (Å²) in [5.41, 5.74) is 11.0. The lowest BCUT2D eigenvalue weighted by atomic mass is 9.65. The number of amides is 2. The second-order valence-corrected chi connectivity index (χ2v) is 11.5. The van der Waals surface area contributed by atoms with Gasteiger partial charge in [-0.1, -0.05) is 32.1 Å². The maximum absolute atomic E-state index is 13.5. The van der Waals surface area contributed by atoms with E-state index in [1.807, 2.05) is 0 Å². The van der Waals surface area contributed by atoms with E-state index < -0.39 is 41.4 Å². The number of hydrogen-bond donors (Lipinski definition) is 8. The van der Waals surface area contributed by atoms with Crippen LogP contribution in [0.4, 0.5) is 0 Å². The molecule has 4 heterocycles. The minimum Gasteiger partial charge on any atom is -0.385 e. The molecule has 2 amide bonds. The number of guanidine groups is 2. The van der Waals surface area contributed by atoms with Gasteiger partial charge in [0.15, 0.2) is 12.0 Å². The van der Waals surface area contributed by atoms with E-state index in [9.17, 15) is 19.5 Å². The SMILES string of the molecule is NC1=N[C@@H](CNC(=O)c2ccc(=O)[nH]n2)[C@@H]2[NH+]=C(N)N[C@@]23[C@H](O)C(NC(=O)C2CCCC4CCCCC42)CN13. The molecule has 10 N–H and O–H groups in total. The van der Waals surface area contributed by atoms with Crippen LogP contribution in [0.1, 0.15) is 55.4 Å². The number of nitrogens with two attached hydrogens (primary N) is 2. The van der Waals surface area contributed by atoms with Crippen LogP contribution < -0.4 is 38.0 Å². The Bertz CT molecular complexity index is 1240. The number of rotatable bonds is 5. The molecule has 0 bridgehead atoms. The van der Waals surface area contributed by atoms with Crippen molar-refractivity contribution >= 4 is 23.7 Å². The van der Waals surface area contributed by atoms with Gasteiger partial charge >= 0.3 is 5.96 Å². The molecule has 1 saturated heterocycles. The van der Waals surface area contributed by atoms with Crippen LogP contribution in [0, 0.1) is 17.8 Å². The standard InChI is InChI=1S/C25H36N10O4/c26-23-31-19-16(10-28-22(39)15-8-9-18(36)34-33-15)30-24(27)35-11-17(20(37)25(19,35)32-23)29-21(38)14-7-3-5-12-4-1-2-6-13(12)14/h8-9,12-14,16-17,19-20,37H,1-7,10-11H2,(H2,27,30)(H,28,39)(H,29,38)(H,34,36)(H3,26,31,32)/p+1/t12?,13?,14?,16-,17?,19-,20+,25-/m0/s1. The Balaban J connectivity index is 1.18. The largest absolute Gasteiger partial charge is 0.385 e. The maximum Gasteiger partial charge on any atom is 0.343 e. The Hall–Kier alpha value is -3.68. The van der Waals surface area contributed by atoms with Gasteiger partial charge in [0.2, 0.25) is 11.6 Å². The fraction of sp³-hybridized carbons (Fsp3) is 0.680. The first kappa shape index (κ1) is 25.6. The molecule has 5 aliphatic rings. The van der Waals surface area contributed by atoms with Crippen LogP contribution in [0.3, 0.4) is 0 Å². The van der Waals surface area contributed by atoms with Gasteiger partial charge in [0.05, 0.1) is 6.04 Å². The summed E-state index contributed by atoms with van der Waals surface area (Å²) in [6.07, 6.45) is 6.79. The van der Waals surface area contributed by atoms with Crippen molar-refractivity contribution < 1.29 is 19.7 Å². The fourth-order valence-electron chi connectivity index (χ4n) is 7.60. The number of aliphatic hydroxyl groups is 1. The number of hydrogen-bond acceptors (Lipinski definition) is 10. The van der Waals surface area contributed by atoms with Crippen LogP contribution >= 0.6 is 0 Å². The second-order valence-electron chi connectivity index (χ2n) is 11.5. The van der Waals surface area contributed by atoms with E-state index in [1.54, 1.807) is 4.90 Å². The highest BCUT2D eigenvalue weighted by atomic mass is 16.3. The van der Waals surface area contributed by atoms with Crippen molar-refractivity contribution in [3.63, 3.8) is 0 Å². The molecule has 6 rings (SSSR count). The topological polar surface area (TPSA) is 218 Å². The molecule has 1 aromatic rings. The Morgan fingerprint density at radius 3 is 2.77 bits per heavy atom. The summed E-state index contributed by atoms with van der Waals surface area (Å²) in [6, 6.07) is 0.813. The van der Waals surface area contributed by atoms with E-state index in [2.05, 4.69) is 36.1 Å². The number of carbonyl (C=O) groups is 2. The first-order valence-electron chi connectivity index (χ1n) is 13.9. The monoisotopic (exact) mass is 541 g/mol. The van der Waals surface area contributed by atoms with Crippen LogP contribution in [0.25, 0.3) is 0 Å². The van der Waals surface area contributed by atoms with E-state index >= 15 is 0 Å². The number of nitrogens with one attached hydrogen (secondary N) is 5. The molecule has 2 aliphatic carbocycles. The highest BCUT2D eigenvalue weighted by Crippen LogP contribution is 2.44. The molecular formula is C25H37N10O4+. The van der Waals surface area contributed by atoms with Crippen molar-refractivity contribution in [3.05, 3.63) is 28.2 Å². The second kappa shape index (κ2) is 9.81. The molecule has 4 unspecified atom stereocenters. The third-order valence-corrected chi connectivity index (χ3v) is 9.36. The number of aliphatic imine (C=N–C) groups is 1. The van der Waals surface area contributed by atoms with E-state index in [-0.39, 0.29) is 42.5 Å². The van der Waals surface area contributed by atoms with E-state index in [0.717, 1.165) is 19.3 Å². The van der Waals surface area contributed by atoms with Gasteiger partial charge in [0.25, 0.3) is 11.5 Å². The third kappa shape index (κ3) is 4.30. The van der Waals surface area contributed by atoms with Crippen molar-refractivity contribution in [2.75, 3.05) is 13.1 Å². The average molecular weight is 542 g/mol. The predicted molar refractivity (Wildman–Crippen MR) is 140 cm³/mol. The smallest absolute Gasteiger partial charge is 0.343 e. The Morgan fingerprint density at radius 1 is 1.18 bits per heavy atom. The quantitative estimate of drug-likeness (QED) is 0.182. The average Bonchev–Trinajstić information content (AvgIpc) is 3.43. The Labute approximate surface area is 225 Å². The van der Waals surface area contributed by atoms with Crippen LogP contribution in [-0.4, -0.2) is 86.9 Å². The molecule has 8 atom stereocenters. The van der Waals surface area contributed by atoms with Gasteiger partial charge in [-0.2, -0.15) is 5.10 Å². The van der Waals surface area contributed by atoms with Crippen molar-refractivity contribution in [3.8, 4) is 0 Å². The molecule has 14 nitrogen and oxygen atoms in total. The molecule has 3 fully saturated rings. The summed E-state index contributed by atoms with van der Waals surface area (Å²) in [6.45, 7) is 0.333. The first-order chi connectivity index (χ1) is 18.8. The van der Waals surface area contributed by atoms with E-state index in [4.69, 9.17) is 11.5 Å². The van der Waals surface area contributed by atoms with Gasteiger partial charge < -0.3 is 26.4 Å². The van der Waals surface area contributed by atoms with Crippen molar-refractivity contribution in [2.24, 2.45) is 34.2 Å². The molecular weight excluding hydrogens is 504 g/mol. The lowest BCUT2D eigenvalue weighted by Gasteiger charge is -2.43. The molecule has 0 aromatic carbocycles. The zero-order chi connectivity index (χ0) is 27.3. The van der Waals surface area contributed by atoms with E-state index in [1.165, 1.54) is 37.8 Å². The summed E-state index contributed by atoms with van der Waals surface area (Å²) in [7, 11) is 0. The molecule has 14 heteroatoms. The highest BCUT2D eigenvalue weighted by molar-refractivity contribution is 5.92. The molecule has 0 radical (unpaired) electrons. The van der Waals surface area contributed by atoms with Gasteiger partial charge in [0.1, 0.15) is 17.8 Å². The summed E-state index contributed by atoms with van der Waals surface area (Å²) < 4.78 is 0. The van der Waals surface area contributed by atoms with Crippen LogP contribution in [0.5, 0.6) is 0 Å². The molecule has 3 aliphatic heterocycles. The van der Waals surface area contributed by atoms with Crippen LogP contribution in [-0.2, 0) is 4.79 Å². The predicted octanol–water partition coefficient (Wildman–Crippen LogP) is -3.97. The number of nitrogens with zero attached hydrogens (tertiary/aromatic N) is 3. The lowest BCUT2D eigenvalue weighted by Crippen LogP contribution is -2.88. The van der Waals surface area contributed by atoms with Gasteiger partial charge in [0, 0.05) is 25.1 Å². The minimum atomic E-state index is -1.15. The van der Waals surface area contributed by atoms with E-state index in [0.29, 0.717) is 11.8 Å². The molecule has 1 aromatic heterocycles. The third-order valence-electron chi connectivity index (χ3n) is 9.36. The Kier molecular flexibility index (Phi) is 6.44. The number of aromatic nitrogens is 2. The van der Waals surface area contributed by atoms with Crippen molar-refractivity contribution in [2.45, 2.75) is 74.8 Å². The highest BCUT2D eigenvalue weighted by Gasteiger charge is 2.68. The summed E-state index contributed by atoms with van der Waals surface area (Å²) >= 11 is 0. The number of H-pyrrole nitrogens is 1. The lowest BCUT2D eigenvalue weighted by molar-refractivity contribution is -0.513. The zero-order valence-electron chi connectivity index (χ0n) is 21.7. The number of carbonyl (C=O) groups excluding carboxylic acids is 2. The molecule has 39 heavy (non-hydrogen) atoms. The zero-order valence-corrected chi connectivity index (χ0v) is 21.7. The number of aromatic amines is 1. The maximum atomic E-state index is 13.5. The van der Waals surface area contributed by atoms with Crippen LogP contribution in [0.15, 0.2) is 21.9 Å². The normalized spacial score (nSPS) is 36.9. The number of fused-ring (bicyclic) bond motifs is 1. The van der Waals surface area contributed by atoms with Gasteiger partial charge in [-0.25, -0.2) is 15.4 Å². The minimum absolute atomic E-state index is 0.000851. The fourth-order valence-corrected chi connectivity index (χ4v) is 7.60. The molecule has 210 valence electrons. The summed E-state index contributed by atoms with van der Waals surface area (Å²) in [5, 5.41) is 26.8. The summed E-state index contributed by atoms with van der Waals surface area (Å²) in [4.78, 5) is 46.9. The molecule has 2 saturated carbocycles. The van der Waals surface area contributed by atoms with Gasteiger partial charge in [-0.3, -0.25) is 25.1 Å². The van der Waals surface area contributed by atoms with Gasteiger partial charge in [-0.15, -0.1) is 0 Å². The van der Waals surface area contributed by atoms with Crippen molar-refractivity contribution in [1.82, 2.24) is 31.0 Å². The number of aliphatic hydroxyl groups excluding tert-OH is 1. The van der Waals surface area contributed by atoms with Crippen LogP contribution in [0.2, 0.25) is 0 Å². The Morgan fingerprint density at radius 2 is 1.97 bits per heavy atom. The summed E-state index contributed by atoms with van der Waals surface area (Å²) in [5.74, 6) is 0.917.